The van der Waals surface area contributed by atoms with Crippen LogP contribution >= 0.6 is 0 Å². The molecule has 4 heteroatoms. The first-order chi connectivity index (χ1) is 10.8. The first kappa shape index (κ1) is 17.6. The van der Waals surface area contributed by atoms with Crippen LogP contribution in [0.1, 0.15) is 40.2 Å². The average Bonchev–Trinajstić information content (AvgIpc) is 2.52. The summed E-state index contributed by atoms with van der Waals surface area (Å²) < 4.78 is 0. The van der Waals surface area contributed by atoms with Gasteiger partial charge in [-0.3, -0.25) is 0 Å². The third-order valence-electron chi connectivity index (χ3n) is 4.33. The minimum Gasteiger partial charge on any atom is -0.368 e. The van der Waals surface area contributed by atoms with Gasteiger partial charge in [0.2, 0.25) is 0 Å². The number of carbonyl (C=O) groups excluding carboxylic acids is 1. The number of carbonyl (C=O) groups is 1. The number of hydrogen-bond donors (Lipinski definition) is 1. The second kappa shape index (κ2) is 7.24. The number of nitrogens with zero attached hydrogens (tertiary/aromatic N) is 2. The number of hydrogen-bond acceptors (Lipinski definition) is 2. The van der Waals surface area contributed by atoms with Crippen molar-refractivity contribution in [2.75, 3.05) is 37.6 Å². The zero-order valence-corrected chi connectivity index (χ0v) is 15.2. The van der Waals surface area contributed by atoms with Crippen molar-refractivity contribution in [2.24, 2.45) is 5.92 Å². The number of nitrogens with one attached hydrogen (secondary N) is 1. The molecule has 1 fully saturated rings. The van der Waals surface area contributed by atoms with Crippen molar-refractivity contribution in [2.45, 2.75) is 40.0 Å². The van der Waals surface area contributed by atoms with E-state index in [1.807, 2.05) is 4.90 Å². The van der Waals surface area contributed by atoms with E-state index in [-0.39, 0.29) is 11.4 Å². The molecule has 0 radical (unpaired) electrons. The van der Waals surface area contributed by atoms with E-state index in [1.165, 1.54) is 11.3 Å². The number of benzene rings is 1. The Morgan fingerprint density at radius 1 is 1.09 bits per heavy atom. The molecule has 1 N–H and O–H groups in total. The molecule has 4 nitrogen and oxygen atoms in total. The Labute approximate surface area is 140 Å². The summed E-state index contributed by atoms with van der Waals surface area (Å²) in [7, 11) is 0. The van der Waals surface area contributed by atoms with Gasteiger partial charge in [0.1, 0.15) is 0 Å². The monoisotopic (exact) mass is 317 g/mol. The molecule has 0 aliphatic carbocycles. The van der Waals surface area contributed by atoms with Crippen LogP contribution in [0.4, 0.5) is 10.5 Å². The molecule has 0 atom stereocenters. The van der Waals surface area contributed by atoms with Gasteiger partial charge in [-0.05, 0) is 29.0 Å². The molecule has 23 heavy (non-hydrogen) atoms. The van der Waals surface area contributed by atoms with Crippen LogP contribution in [0.25, 0.3) is 0 Å². The van der Waals surface area contributed by atoms with Crippen LogP contribution in [0, 0.1) is 5.92 Å². The highest BCUT2D eigenvalue weighted by atomic mass is 16.2. The van der Waals surface area contributed by atoms with Crippen molar-refractivity contribution in [3.63, 3.8) is 0 Å². The molecular weight excluding hydrogens is 286 g/mol. The van der Waals surface area contributed by atoms with E-state index in [4.69, 9.17) is 0 Å². The Morgan fingerprint density at radius 3 is 2.13 bits per heavy atom. The third kappa shape index (κ3) is 4.88. The zero-order chi connectivity index (χ0) is 17.0. The van der Waals surface area contributed by atoms with Gasteiger partial charge in [-0.2, -0.15) is 0 Å². The van der Waals surface area contributed by atoms with Gasteiger partial charge in [-0.25, -0.2) is 4.79 Å². The Bertz CT molecular complexity index is 508. The Morgan fingerprint density at radius 2 is 1.65 bits per heavy atom. The summed E-state index contributed by atoms with van der Waals surface area (Å²) in [6.45, 7) is 15.0. The molecule has 128 valence electrons. The molecule has 0 saturated carbocycles. The number of urea groups is 1. The highest BCUT2D eigenvalue weighted by molar-refractivity contribution is 5.74. The van der Waals surface area contributed by atoms with Crippen molar-refractivity contribution in [3.8, 4) is 0 Å². The molecule has 0 spiro atoms. The van der Waals surface area contributed by atoms with Crippen LogP contribution in [-0.4, -0.2) is 43.7 Å². The van der Waals surface area contributed by atoms with Gasteiger partial charge in [-0.15, -0.1) is 0 Å². The van der Waals surface area contributed by atoms with Gasteiger partial charge in [0.25, 0.3) is 0 Å². The number of piperazine rings is 1. The van der Waals surface area contributed by atoms with Crippen LogP contribution in [0.3, 0.4) is 0 Å². The van der Waals surface area contributed by atoms with Gasteiger partial charge in [0.15, 0.2) is 0 Å². The second-order valence-electron chi connectivity index (χ2n) is 7.85. The molecule has 0 unspecified atom stereocenters. The summed E-state index contributed by atoms with van der Waals surface area (Å²) in [6, 6.07) is 8.92. The smallest absolute Gasteiger partial charge is 0.317 e. The quantitative estimate of drug-likeness (QED) is 0.926. The summed E-state index contributed by atoms with van der Waals surface area (Å²) in [5.74, 6) is 0.488. The molecule has 1 aliphatic rings. The minimum absolute atomic E-state index is 0.0708. The summed E-state index contributed by atoms with van der Waals surface area (Å²) in [6.07, 6.45) is 0. The van der Waals surface area contributed by atoms with Crippen LogP contribution in [0.15, 0.2) is 24.3 Å². The Hall–Kier alpha value is -1.71. The molecule has 1 aliphatic heterocycles. The number of rotatable bonds is 3. The van der Waals surface area contributed by atoms with E-state index < -0.39 is 0 Å². The lowest BCUT2D eigenvalue weighted by atomic mass is 9.87. The summed E-state index contributed by atoms with van der Waals surface area (Å²) in [4.78, 5) is 16.4. The van der Waals surface area contributed by atoms with Crippen molar-refractivity contribution in [1.82, 2.24) is 10.2 Å². The number of anilines is 1. The normalized spacial score (nSPS) is 15.9. The molecule has 1 aromatic rings. The van der Waals surface area contributed by atoms with Crippen LogP contribution in [0.5, 0.6) is 0 Å². The van der Waals surface area contributed by atoms with E-state index in [0.29, 0.717) is 5.92 Å². The molecule has 0 bridgehead atoms. The van der Waals surface area contributed by atoms with E-state index >= 15 is 0 Å². The second-order valence-corrected chi connectivity index (χ2v) is 7.85. The molecule has 1 saturated heterocycles. The summed E-state index contributed by atoms with van der Waals surface area (Å²) >= 11 is 0. The van der Waals surface area contributed by atoms with Crippen molar-refractivity contribution < 1.29 is 4.79 Å². The maximum atomic E-state index is 12.1. The highest BCUT2D eigenvalue weighted by Gasteiger charge is 2.21. The highest BCUT2D eigenvalue weighted by Crippen LogP contribution is 2.25. The van der Waals surface area contributed by atoms with E-state index in [9.17, 15) is 4.79 Å². The largest absolute Gasteiger partial charge is 0.368 e. The fraction of sp³-hybridized carbons (Fsp3) is 0.632. The average molecular weight is 317 g/mol. The lowest BCUT2D eigenvalue weighted by Gasteiger charge is -2.36. The maximum absolute atomic E-state index is 12.1. The molecule has 2 rings (SSSR count). The fourth-order valence-electron chi connectivity index (χ4n) is 2.74. The van der Waals surface area contributed by atoms with E-state index in [2.05, 4.69) is 69.1 Å². The predicted octanol–water partition coefficient (Wildman–Crippen LogP) is 3.47. The summed E-state index contributed by atoms with van der Waals surface area (Å²) in [5.41, 5.74) is 2.79. The maximum Gasteiger partial charge on any atom is 0.317 e. The zero-order valence-electron chi connectivity index (χ0n) is 15.2. The Balaban J connectivity index is 1.88. The first-order valence-electron chi connectivity index (χ1n) is 8.65. The van der Waals surface area contributed by atoms with Crippen molar-refractivity contribution in [1.29, 1.82) is 0 Å². The minimum atomic E-state index is 0.0708. The predicted molar refractivity (Wildman–Crippen MR) is 97.2 cm³/mol. The first-order valence-corrected chi connectivity index (χ1v) is 8.65. The molecule has 1 heterocycles. The van der Waals surface area contributed by atoms with Crippen LogP contribution in [-0.2, 0) is 5.41 Å². The van der Waals surface area contributed by atoms with Gasteiger partial charge >= 0.3 is 6.03 Å². The number of amides is 2. The lowest BCUT2D eigenvalue weighted by molar-refractivity contribution is 0.193. The topological polar surface area (TPSA) is 35.6 Å². The standard InChI is InChI=1S/C19H31N3O/c1-15(2)14-20-18(23)22-12-10-21(11-13-22)17-8-6-16(7-9-17)19(3,4)5/h6-9,15H,10-14H2,1-5H3,(H,20,23). The SMILES string of the molecule is CC(C)CNC(=O)N1CCN(c2ccc(C(C)(C)C)cc2)CC1. The van der Waals surface area contributed by atoms with Gasteiger partial charge in [-0.1, -0.05) is 46.8 Å². The van der Waals surface area contributed by atoms with Gasteiger partial charge in [0.05, 0.1) is 0 Å². The van der Waals surface area contributed by atoms with Crippen molar-refractivity contribution in [3.05, 3.63) is 29.8 Å². The molecule has 1 aromatic carbocycles. The molecule has 2 amide bonds. The summed E-state index contributed by atoms with van der Waals surface area (Å²) in [5, 5.41) is 3.00. The fourth-order valence-corrected chi connectivity index (χ4v) is 2.74. The van der Waals surface area contributed by atoms with Crippen LogP contribution in [0.2, 0.25) is 0 Å². The lowest BCUT2D eigenvalue weighted by Crippen LogP contribution is -2.52. The van der Waals surface area contributed by atoms with E-state index in [1.54, 1.807) is 0 Å². The molecular formula is C19H31N3O. The van der Waals surface area contributed by atoms with Crippen LogP contribution < -0.4 is 10.2 Å². The van der Waals surface area contributed by atoms with Gasteiger partial charge < -0.3 is 15.1 Å². The van der Waals surface area contributed by atoms with Crippen molar-refractivity contribution >= 4 is 11.7 Å². The van der Waals surface area contributed by atoms with Gasteiger partial charge in [0, 0.05) is 38.4 Å². The Kier molecular flexibility index (Phi) is 5.55. The third-order valence-corrected chi connectivity index (χ3v) is 4.33. The van der Waals surface area contributed by atoms with E-state index in [0.717, 1.165) is 32.7 Å². The molecule has 0 aromatic heterocycles.